The monoisotopic (exact) mass is 340 g/mol. The molecule has 2 aromatic rings. The summed E-state index contributed by atoms with van der Waals surface area (Å²) in [7, 11) is -4.14. The van der Waals surface area contributed by atoms with E-state index in [1.54, 1.807) is 12.1 Å². The van der Waals surface area contributed by atoms with Crippen LogP contribution in [0.1, 0.15) is 11.1 Å². The minimum atomic E-state index is -4.62. The van der Waals surface area contributed by atoms with Crippen molar-refractivity contribution in [1.29, 1.82) is 5.26 Å². The van der Waals surface area contributed by atoms with Crippen LogP contribution in [0.4, 0.5) is 18.9 Å². The van der Waals surface area contributed by atoms with Crippen LogP contribution < -0.4 is 4.72 Å². The number of halogens is 3. The largest absolute Gasteiger partial charge is 0.416 e. The summed E-state index contributed by atoms with van der Waals surface area (Å²) in [5.41, 5.74) is -0.136. The van der Waals surface area contributed by atoms with Crippen LogP contribution in [0.5, 0.6) is 0 Å². The van der Waals surface area contributed by atoms with Crippen molar-refractivity contribution in [1.82, 2.24) is 0 Å². The fraction of sp³-hybridized carbons (Fsp3) is 0.133. The molecular formula is C15H11F3N2O2S. The lowest BCUT2D eigenvalue weighted by Gasteiger charge is -2.11. The quantitative estimate of drug-likeness (QED) is 0.925. The first-order chi connectivity index (χ1) is 10.7. The standard InChI is InChI=1S/C15H11F3N2O2S/c16-15(17,18)12-2-1-3-14(10-12)23(21,22)20-13-6-4-11(5-7-13)8-9-19/h1-7,10,20H,8H2. The summed E-state index contributed by atoms with van der Waals surface area (Å²) in [6, 6.07) is 11.5. The summed E-state index contributed by atoms with van der Waals surface area (Å²) in [6.45, 7) is 0. The van der Waals surface area contributed by atoms with E-state index < -0.39 is 26.7 Å². The van der Waals surface area contributed by atoms with Gasteiger partial charge in [0.15, 0.2) is 0 Å². The van der Waals surface area contributed by atoms with Crippen LogP contribution in [0.2, 0.25) is 0 Å². The smallest absolute Gasteiger partial charge is 0.280 e. The fourth-order valence-corrected chi connectivity index (χ4v) is 2.94. The van der Waals surface area contributed by atoms with E-state index in [2.05, 4.69) is 4.72 Å². The Morgan fingerprint density at radius 3 is 2.30 bits per heavy atom. The molecular weight excluding hydrogens is 329 g/mol. The van der Waals surface area contributed by atoms with E-state index in [1.807, 2.05) is 6.07 Å². The van der Waals surface area contributed by atoms with Crippen LogP contribution in [0.25, 0.3) is 0 Å². The number of nitriles is 1. The molecule has 120 valence electrons. The number of anilines is 1. The predicted molar refractivity (Wildman–Crippen MR) is 78.0 cm³/mol. The third-order valence-electron chi connectivity index (χ3n) is 2.96. The third kappa shape index (κ3) is 4.23. The number of rotatable bonds is 4. The van der Waals surface area contributed by atoms with E-state index in [1.165, 1.54) is 12.1 Å². The Morgan fingerprint density at radius 2 is 1.74 bits per heavy atom. The molecule has 8 heteroatoms. The van der Waals surface area contributed by atoms with E-state index in [-0.39, 0.29) is 12.1 Å². The number of nitrogens with one attached hydrogen (secondary N) is 1. The van der Waals surface area contributed by atoms with Crippen molar-refractivity contribution < 1.29 is 21.6 Å². The molecule has 23 heavy (non-hydrogen) atoms. The first-order valence-electron chi connectivity index (χ1n) is 6.38. The van der Waals surface area contributed by atoms with Crippen molar-refractivity contribution in [2.75, 3.05) is 4.72 Å². The molecule has 0 heterocycles. The van der Waals surface area contributed by atoms with E-state index in [9.17, 15) is 21.6 Å². The Hall–Kier alpha value is -2.53. The van der Waals surface area contributed by atoms with Gasteiger partial charge in [0.2, 0.25) is 0 Å². The van der Waals surface area contributed by atoms with Gasteiger partial charge in [-0.05, 0) is 35.9 Å². The first kappa shape index (κ1) is 16.8. The maximum absolute atomic E-state index is 12.7. The lowest BCUT2D eigenvalue weighted by molar-refractivity contribution is -0.137. The van der Waals surface area contributed by atoms with Crippen molar-refractivity contribution >= 4 is 15.7 Å². The van der Waals surface area contributed by atoms with E-state index in [0.717, 1.165) is 18.2 Å². The number of hydrogen-bond donors (Lipinski definition) is 1. The summed E-state index contributed by atoms with van der Waals surface area (Å²) >= 11 is 0. The average molecular weight is 340 g/mol. The van der Waals surface area contributed by atoms with Crippen molar-refractivity contribution in [3.8, 4) is 6.07 Å². The van der Waals surface area contributed by atoms with Gasteiger partial charge in [-0.3, -0.25) is 4.72 Å². The number of nitrogens with zero attached hydrogens (tertiary/aromatic N) is 1. The number of benzene rings is 2. The van der Waals surface area contributed by atoms with Crippen molar-refractivity contribution in [2.45, 2.75) is 17.5 Å². The summed E-state index contributed by atoms with van der Waals surface area (Å²) < 4.78 is 64.5. The van der Waals surface area contributed by atoms with Gasteiger partial charge in [0.1, 0.15) is 0 Å². The number of sulfonamides is 1. The summed E-state index contributed by atoms with van der Waals surface area (Å²) in [5.74, 6) is 0. The van der Waals surface area contributed by atoms with Gasteiger partial charge < -0.3 is 0 Å². The first-order valence-corrected chi connectivity index (χ1v) is 7.87. The lowest BCUT2D eigenvalue weighted by Crippen LogP contribution is -2.14. The molecule has 0 unspecified atom stereocenters. The summed E-state index contributed by atoms with van der Waals surface area (Å²) in [4.78, 5) is -0.478. The average Bonchev–Trinajstić information content (AvgIpc) is 2.49. The summed E-state index contributed by atoms with van der Waals surface area (Å²) in [5, 5.41) is 8.56. The zero-order valence-electron chi connectivity index (χ0n) is 11.6. The predicted octanol–water partition coefficient (Wildman–Crippen LogP) is 3.57. The molecule has 0 amide bonds. The molecule has 0 bridgehead atoms. The second kappa shape index (κ2) is 6.30. The molecule has 0 atom stereocenters. The molecule has 0 aliphatic rings. The highest BCUT2D eigenvalue weighted by atomic mass is 32.2. The van der Waals surface area contributed by atoms with Crippen LogP contribution in [-0.2, 0) is 22.6 Å². The molecule has 0 saturated heterocycles. The Labute approximate surface area is 131 Å². The highest BCUT2D eigenvalue weighted by molar-refractivity contribution is 7.92. The Bertz CT molecular complexity index is 838. The minimum Gasteiger partial charge on any atom is -0.280 e. The van der Waals surface area contributed by atoms with E-state index >= 15 is 0 Å². The molecule has 2 rings (SSSR count). The van der Waals surface area contributed by atoms with Gasteiger partial charge >= 0.3 is 6.18 Å². The molecule has 0 aliphatic carbocycles. The molecule has 0 aromatic heterocycles. The van der Waals surface area contributed by atoms with E-state index in [4.69, 9.17) is 5.26 Å². The number of alkyl halides is 3. The van der Waals surface area contributed by atoms with Crippen LogP contribution in [-0.4, -0.2) is 8.42 Å². The van der Waals surface area contributed by atoms with Crippen molar-refractivity contribution in [2.24, 2.45) is 0 Å². The molecule has 2 aromatic carbocycles. The zero-order valence-corrected chi connectivity index (χ0v) is 12.4. The zero-order chi connectivity index (χ0) is 17.1. The maximum Gasteiger partial charge on any atom is 0.416 e. The summed E-state index contributed by atoms with van der Waals surface area (Å²) in [6.07, 6.45) is -4.44. The van der Waals surface area contributed by atoms with Crippen LogP contribution in [0.3, 0.4) is 0 Å². The van der Waals surface area contributed by atoms with Gasteiger partial charge in [0, 0.05) is 5.69 Å². The Balaban J connectivity index is 2.27. The van der Waals surface area contributed by atoms with Crippen LogP contribution >= 0.6 is 0 Å². The van der Waals surface area contributed by atoms with Gasteiger partial charge in [-0.1, -0.05) is 18.2 Å². The van der Waals surface area contributed by atoms with E-state index in [0.29, 0.717) is 11.6 Å². The SMILES string of the molecule is N#CCc1ccc(NS(=O)(=O)c2cccc(C(F)(F)F)c2)cc1. The number of hydrogen-bond acceptors (Lipinski definition) is 3. The molecule has 0 saturated carbocycles. The fourth-order valence-electron chi connectivity index (χ4n) is 1.84. The van der Waals surface area contributed by atoms with Crippen LogP contribution in [0, 0.1) is 11.3 Å². The van der Waals surface area contributed by atoms with Gasteiger partial charge in [0.25, 0.3) is 10.0 Å². The highest BCUT2D eigenvalue weighted by Crippen LogP contribution is 2.30. The molecule has 1 N–H and O–H groups in total. The second-order valence-corrected chi connectivity index (χ2v) is 6.35. The second-order valence-electron chi connectivity index (χ2n) is 4.66. The molecule has 0 radical (unpaired) electrons. The highest BCUT2D eigenvalue weighted by Gasteiger charge is 2.31. The van der Waals surface area contributed by atoms with Gasteiger partial charge in [-0.15, -0.1) is 0 Å². The van der Waals surface area contributed by atoms with Crippen LogP contribution in [0.15, 0.2) is 53.4 Å². The Kier molecular flexibility index (Phi) is 4.61. The molecule has 0 fully saturated rings. The topological polar surface area (TPSA) is 70.0 Å². The lowest BCUT2D eigenvalue weighted by atomic mass is 10.1. The van der Waals surface area contributed by atoms with Gasteiger partial charge in [0.05, 0.1) is 22.9 Å². The van der Waals surface area contributed by atoms with Crippen molar-refractivity contribution in [3.05, 3.63) is 59.7 Å². The minimum absolute atomic E-state index is 0.181. The molecule has 4 nitrogen and oxygen atoms in total. The normalized spacial score (nSPS) is 11.7. The Morgan fingerprint density at radius 1 is 1.09 bits per heavy atom. The third-order valence-corrected chi connectivity index (χ3v) is 4.34. The van der Waals surface area contributed by atoms with Gasteiger partial charge in [-0.2, -0.15) is 18.4 Å². The maximum atomic E-state index is 12.7. The van der Waals surface area contributed by atoms with Crippen molar-refractivity contribution in [3.63, 3.8) is 0 Å². The van der Waals surface area contributed by atoms with Gasteiger partial charge in [-0.25, -0.2) is 8.42 Å². The molecule has 0 aliphatic heterocycles. The molecule has 0 spiro atoms.